The minimum absolute atomic E-state index is 0.0213. The molecule has 1 unspecified atom stereocenters. The summed E-state index contributed by atoms with van der Waals surface area (Å²) in [6, 6.07) is 21.6. The van der Waals surface area contributed by atoms with Gasteiger partial charge in [0, 0.05) is 29.4 Å². The van der Waals surface area contributed by atoms with Gasteiger partial charge >= 0.3 is 5.97 Å². The van der Waals surface area contributed by atoms with E-state index in [1.807, 2.05) is 48.5 Å². The summed E-state index contributed by atoms with van der Waals surface area (Å²) in [4.78, 5) is 26.4. The fourth-order valence-corrected chi connectivity index (χ4v) is 4.93. The number of ether oxygens (including phenoxy) is 1. The van der Waals surface area contributed by atoms with E-state index in [4.69, 9.17) is 4.74 Å². The van der Waals surface area contributed by atoms with Crippen molar-refractivity contribution in [1.29, 1.82) is 0 Å². The van der Waals surface area contributed by atoms with Crippen molar-refractivity contribution in [2.75, 3.05) is 6.54 Å². The lowest BCUT2D eigenvalue weighted by Gasteiger charge is -2.24. The lowest BCUT2D eigenvalue weighted by Crippen LogP contribution is -2.35. The van der Waals surface area contributed by atoms with Crippen LogP contribution in [0, 0.1) is 0 Å². The highest BCUT2D eigenvalue weighted by atomic mass is 79.9. The molecule has 0 radical (unpaired) electrons. The van der Waals surface area contributed by atoms with Crippen molar-refractivity contribution in [3.63, 3.8) is 0 Å². The van der Waals surface area contributed by atoms with Crippen molar-refractivity contribution >= 4 is 27.8 Å². The second kappa shape index (κ2) is 10.1. The van der Waals surface area contributed by atoms with E-state index in [9.17, 15) is 14.7 Å². The molecule has 1 amide bonds. The first-order valence-corrected chi connectivity index (χ1v) is 12.9. The van der Waals surface area contributed by atoms with Crippen LogP contribution < -0.4 is 4.74 Å². The minimum atomic E-state index is -1.04. The quantitative estimate of drug-likeness (QED) is 0.369. The van der Waals surface area contributed by atoms with Crippen LogP contribution in [0.2, 0.25) is 0 Å². The first-order valence-electron chi connectivity index (χ1n) is 12.1. The van der Waals surface area contributed by atoms with Crippen LogP contribution in [0.1, 0.15) is 60.3 Å². The highest BCUT2D eigenvalue weighted by Crippen LogP contribution is 2.38. The van der Waals surface area contributed by atoms with Crippen LogP contribution in [0.15, 0.2) is 71.2 Å². The number of nitrogens with zero attached hydrogens (tertiary/aromatic N) is 1. The van der Waals surface area contributed by atoms with Gasteiger partial charge in [-0.15, -0.1) is 0 Å². The number of carboxylic acids is 1. The molecule has 36 heavy (non-hydrogen) atoms. The fraction of sp³-hybridized carbons (Fsp3) is 0.333. The Kier molecular flexibility index (Phi) is 7.28. The molecule has 0 aliphatic carbocycles. The van der Waals surface area contributed by atoms with E-state index in [2.05, 4.69) is 55.8 Å². The number of benzene rings is 3. The van der Waals surface area contributed by atoms with E-state index in [1.54, 1.807) is 6.07 Å². The Labute approximate surface area is 221 Å². The topological polar surface area (TPSA) is 66.8 Å². The molecule has 0 saturated carbocycles. The number of hydrogen-bond donors (Lipinski definition) is 1. The average molecular weight is 550 g/mol. The molecule has 0 saturated heterocycles. The van der Waals surface area contributed by atoms with Crippen molar-refractivity contribution in [2.45, 2.75) is 58.1 Å². The predicted molar refractivity (Wildman–Crippen MR) is 145 cm³/mol. The van der Waals surface area contributed by atoms with Gasteiger partial charge in [0.2, 0.25) is 0 Å². The Morgan fingerprint density at radius 2 is 1.64 bits per heavy atom. The van der Waals surface area contributed by atoms with Crippen molar-refractivity contribution in [3.8, 4) is 5.75 Å². The highest BCUT2D eigenvalue weighted by Gasteiger charge is 2.35. The first-order chi connectivity index (χ1) is 16.9. The van der Waals surface area contributed by atoms with Crippen LogP contribution in [0.3, 0.4) is 0 Å². The van der Waals surface area contributed by atoms with E-state index < -0.39 is 11.6 Å². The molecule has 6 heteroatoms. The van der Waals surface area contributed by atoms with Gasteiger partial charge in [-0.05, 0) is 64.9 Å². The maximum atomic E-state index is 13.4. The van der Waals surface area contributed by atoms with E-state index in [1.165, 1.54) is 16.0 Å². The molecule has 5 nitrogen and oxygen atoms in total. The van der Waals surface area contributed by atoms with Gasteiger partial charge in [0.15, 0.2) is 0 Å². The summed E-state index contributed by atoms with van der Waals surface area (Å²) in [5, 5.41) is 9.47. The predicted octanol–water partition coefficient (Wildman–Crippen LogP) is 6.41. The maximum absolute atomic E-state index is 13.4. The second-order valence-electron chi connectivity index (χ2n) is 10.9. The van der Waals surface area contributed by atoms with Gasteiger partial charge in [-0.3, -0.25) is 9.59 Å². The Bertz CT molecular complexity index is 1260. The lowest BCUT2D eigenvalue weighted by molar-refractivity contribution is -0.137. The molecule has 0 spiro atoms. The summed E-state index contributed by atoms with van der Waals surface area (Å²) < 4.78 is 7.33. The summed E-state index contributed by atoms with van der Waals surface area (Å²) in [7, 11) is 0. The minimum Gasteiger partial charge on any atom is -0.487 e. The SMILES string of the molecule is CC1(Cc2ccc(Br)cc2)Cc2cc(C(=O)N(CC(=O)O)Cc3ccc(C(C)(C)C)cc3)ccc2O1. The number of halogens is 1. The van der Waals surface area contributed by atoms with Gasteiger partial charge in [-0.1, -0.05) is 73.1 Å². The molecular formula is C30H32BrNO4. The molecule has 3 aromatic rings. The monoisotopic (exact) mass is 549 g/mol. The van der Waals surface area contributed by atoms with Crippen molar-refractivity contribution in [3.05, 3.63) is 99.0 Å². The molecule has 3 aromatic carbocycles. The highest BCUT2D eigenvalue weighted by molar-refractivity contribution is 9.10. The van der Waals surface area contributed by atoms with E-state index in [0.717, 1.165) is 27.8 Å². The van der Waals surface area contributed by atoms with Gasteiger partial charge in [0.05, 0.1) is 0 Å². The number of carboxylic acid groups (broad SMARTS) is 1. The molecule has 1 heterocycles. The van der Waals surface area contributed by atoms with Crippen molar-refractivity contribution in [1.82, 2.24) is 4.90 Å². The summed E-state index contributed by atoms with van der Waals surface area (Å²) >= 11 is 3.47. The molecular weight excluding hydrogens is 518 g/mol. The van der Waals surface area contributed by atoms with Crippen LogP contribution >= 0.6 is 15.9 Å². The van der Waals surface area contributed by atoms with E-state index >= 15 is 0 Å². The summed E-state index contributed by atoms with van der Waals surface area (Å²) in [6.07, 6.45) is 1.42. The molecule has 0 bridgehead atoms. The Hall–Kier alpha value is -3.12. The van der Waals surface area contributed by atoms with Crippen LogP contribution in [0.5, 0.6) is 5.75 Å². The third-order valence-corrected chi connectivity index (χ3v) is 7.05. The number of aliphatic carboxylic acids is 1. The average Bonchev–Trinajstić information content (AvgIpc) is 3.14. The summed E-state index contributed by atoms with van der Waals surface area (Å²) in [6.45, 7) is 8.37. The summed E-state index contributed by atoms with van der Waals surface area (Å²) in [5.74, 6) is -0.573. The molecule has 188 valence electrons. The van der Waals surface area contributed by atoms with Gasteiger partial charge in [0.1, 0.15) is 17.9 Å². The lowest BCUT2D eigenvalue weighted by atomic mass is 9.87. The molecule has 4 rings (SSSR count). The second-order valence-corrected chi connectivity index (χ2v) is 11.8. The van der Waals surface area contributed by atoms with Gasteiger partial charge in [0.25, 0.3) is 5.91 Å². The van der Waals surface area contributed by atoms with E-state index in [-0.39, 0.29) is 24.4 Å². The zero-order valence-electron chi connectivity index (χ0n) is 21.2. The zero-order valence-corrected chi connectivity index (χ0v) is 22.8. The maximum Gasteiger partial charge on any atom is 0.323 e. The number of carbonyl (C=O) groups is 2. The first kappa shape index (κ1) is 26.0. The smallest absolute Gasteiger partial charge is 0.323 e. The number of hydrogen-bond acceptors (Lipinski definition) is 3. The molecule has 0 fully saturated rings. The normalized spacial score (nSPS) is 16.8. The van der Waals surface area contributed by atoms with Gasteiger partial charge < -0.3 is 14.7 Å². The largest absolute Gasteiger partial charge is 0.487 e. The number of amides is 1. The zero-order chi connectivity index (χ0) is 26.1. The molecule has 0 aromatic heterocycles. The molecule has 1 aliphatic heterocycles. The van der Waals surface area contributed by atoms with Crippen LogP contribution in [0.25, 0.3) is 0 Å². The van der Waals surface area contributed by atoms with E-state index in [0.29, 0.717) is 12.0 Å². The third kappa shape index (κ3) is 6.16. The third-order valence-electron chi connectivity index (χ3n) is 6.53. The number of rotatable bonds is 7. The Morgan fingerprint density at radius 3 is 2.25 bits per heavy atom. The summed E-state index contributed by atoms with van der Waals surface area (Å²) in [5.41, 5.74) is 4.30. The Balaban J connectivity index is 1.51. The fourth-order valence-electron chi connectivity index (χ4n) is 4.66. The van der Waals surface area contributed by atoms with Crippen molar-refractivity contribution < 1.29 is 19.4 Å². The molecule has 1 aliphatic rings. The van der Waals surface area contributed by atoms with Gasteiger partial charge in [-0.25, -0.2) is 0 Å². The molecule has 1 N–H and O–H groups in total. The van der Waals surface area contributed by atoms with Crippen LogP contribution in [-0.4, -0.2) is 34.0 Å². The van der Waals surface area contributed by atoms with Crippen LogP contribution in [-0.2, 0) is 29.6 Å². The number of carbonyl (C=O) groups excluding carboxylic acids is 1. The standard InChI is InChI=1S/C30H32BrNO4/c1-29(2,3)24-10-5-21(6-11-24)18-32(19-27(33)34)28(35)22-9-14-26-23(15-22)17-30(4,36-26)16-20-7-12-25(31)13-8-20/h5-15H,16-19H2,1-4H3,(H,33,34). The molecule has 1 atom stereocenters. The Morgan fingerprint density at radius 1 is 1.00 bits per heavy atom. The number of fused-ring (bicyclic) bond motifs is 1. The van der Waals surface area contributed by atoms with Crippen molar-refractivity contribution in [2.24, 2.45) is 0 Å². The van der Waals surface area contributed by atoms with Crippen LogP contribution in [0.4, 0.5) is 0 Å². The van der Waals surface area contributed by atoms with Gasteiger partial charge in [-0.2, -0.15) is 0 Å².